The van der Waals surface area contributed by atoms with Gasteiger partial charge in [-0.05, 0) is 25.7 Å². The molecule has 4 heteroatoms. The maximum Gasteiger partial charge on any atom is 0.220 e. The fourth-order valence-electron chi connectivity index (χ4n) is 6.87. The van der Waals surface area contributed by atoms with E-state index in [4.69, 9.17) is 0 Å². The van der Waals surface area contributed by atoms with Crippen LogP contribution in [0.5, 0.6) is 0 Å². The second kappa shape index (κ2) is 39.5. The lowest BCUT2D eigenvalue weighted by Gasteiger charge is -2.16. The second-order valence-electron chi connectivity index (χ2n) is 15.0. The maximum absolute atomic E-state index is 12.4. The highest BCUT2D eigenvalue weighted by molar-refractivity contribution is 5.78. The minimum atomic E-state index is -0.0777. The molecule has 0 radical (unpaired) electrons. The topological polar surface area (TPSA) is 66.4 Å². The third-order valence-electron chi connectivity index (χ3n) is 10.2. The van der Waals surface area contributed by atoms with Gasteiger partial charge in [0.25, 0.3) is 0 Å². The summed E-state index contributed by atoms with van der Waals surface area (Å²) in [4.78, 5) is 24.5. The zero-order valence-corrected chi connectivity index (χ0v) is 32.2. The molecule has 0 aromatic heterocycles. The van der Waals surface area contributed by atoms with Gasteiger partial charge in [-0.3, -0.25) is 9.59 Å². The van der Waals surface area contributed by atoms with Crippen LogP contribution in [0.25, 0.3) is 0 Å². The number of aliphatic hydroxyl groups is 1. The SMILES string of the molecule is CCCCCCCCCCCCCCCCCC[C@H](CO)NC(=O)CCCCCCCCCCC(=O)CCCCCCCCCCC. The van der Waals surface area contributed by atoms with E-state index in [-0.39, 0.29) is 18.6 Å². The molecule has 0 fully saturated rings. The average Bonchev–Trinajstić information content (AvgIpc) is 3.07. The molecule has 0 aliphatic heterocycles. The van der Waals surface area contributed by atoms with E-state index in [0.717, 1.165) is 51.4 Å². The highest BCUT2D eigenvalue weighted by Crippen LogP contribution is 2.16. The number of carbonyl (C=O) groups excluding carboxylic acids is 2. The van der Waals surface area contributed by atoms with Gasteiger partial charge in [0.2, 0.25) is 5.91 Å². The Kier molecular flexibility index (Phi) is 38.8. The molecule has 0 bridgehead atoms. The van der Waals surface area contributed by atoms with E-state index in [1.165, 1.54) is 180 Å². The smallest absolute Gasteiger partial charge is 0.220 e. The summed E-state index contributed by atoms with van der Waals surface area (Å²) in [5.41, 5.74) is 0. The van der Waals surface area contributed by atoms with Gasteiger partial charge in [0.05, 0.1) is 12.6 Å². The standard InChI is InChI=1S/C43H85NO3/c1-3-5-7-9-11-13-14-15-16-17-18-19-21-24-28-32-36-41(40-45)44-43(47)39-35-31-27-23-22-26-30-34-38-42(46)37-33-29-25-20-12-10-8-6-4-2/h41,45H,3-40H2,1-2H3,(H,44,47)/t41-/m1/s1. The summed E-state index contributed by atoms with van der Waals surface area (Å²) in [7, 11) is 0. The normalized spacial score (nSPS) is 12.1. The molecule has 0 rings (SSSR count). The first-order chi connectivity index (χ1) is 23.1. The van der Waals surface area contributed by atoms with E-state index in [9.17, 15) is 14.7 Å². The van der Waals surface area contributed by atoms with Crippen molar-refractivity contribution in [3.05, 3.63) is 0 Å². The highest BCUT2D eigenvalue weighted by atomic mass is 16.3. The van der Waals surface area contributed by atoms with E-state index in [1.807, 2.05) is 0 Å². The number of unbranched alkanes of at least 4 members (excludes halogenated alkanes) is 30. The van der Waals surface area contributed by atoms with E-state index >= 15 is 0 Å². The fraction of sp³-hybridized carbons (Fsp3) is 0.953. The Hall–Kier alpha value is -0.900. The third-order valence-corrected chi connectivity index (χ3v) is 10.2. The summed E-state index contributed by atoms with van der Waals surface area (Å²) in [6.45, 7) is 4.60. The maximum atomic E-state index is 12.4. The molecule has 0 aromatic carbocycles. The molecule has 2 N–H and O–H groups in total. The van der Waals surface area contributed by atoms with Crippen molar-refractivity contribution in [3.63, 3.8) is 0 Å². The average molecular weight is 664 g/mol. The molecule has 0 aromatic rings. The predicted octanol–water partition coefficient (Wildman–Crippen LogP) is 13.5. The van der Waals surface area contributed by atoms with Crippen LogP contribution < -0.4 is 5.32 Å². The van der Waals surface area contributed by atoms with Crippen LogP contribution in [0.2, 0.25) is 0 Å². The summed E-state index contributed by atoms with van der Waals surface area (Å²) < 4.78 is 0. The van der Waals surface area contributed by atoms with Crippen molar-refractivity contribution in [1.82, 2.24) is 5.32 Å². The van der Waals surface area contributed by atoms with Crippen molar-refractivity contribution < 1.29 is 14.7 Å². The second-order valence-corrected chi connectivity index (χ2v) is 15.0. The van der Waals surface area contributed by atoms with Crippen molar-refractivity contribution >= 4 is 11.7 Å². The molecular weight excluding hydrogens is 578 g/mol. The number of rotatable bonds is 40. The lowest BCUT2D eigenvalue weighted by atomic mass is 10.0. The van der Waals surface area contributed by atoms with Crippen molar-refractivity contribution in [1.29, 1.82) is 0 Å². The molecule has 47 heavy (non-hydrogen) atoms. The van der Waals surface area contributed by atoms with Crippen LogP contribution in [0.15, 0.2) is 0 Å². The van der Waals surface area contributed by atoms with E-state index in [0.29, 0.717) is 12.2 Å². The van der Waals surface area contributed by atoms with Crippen LogP contribution >= 0.6 is 0 Å². The Morgan fingerprint density at radius 3 is 1.00 bits per heavy atom. The monoisotopic (exact) mass is 664 g/mol. The van der Waals surface area contributed by atoms with Crippen LogP contribution in [0.4, 0.5) is 0 Å². The molecule has 0 saturated heterocycles. The Bertz CT molecular complexity index is 637. The number of hydrogen-bond acceptors (Lipinski definition) is 3. The summed E-state index contributed by atoms with van der Waals surface area (Å²) >= 11 is 0. The van der Waals surface area contributed by atoms with Crippen molar-refractivity contribution in [3.8, 4) is 0 Å². The summed E-state index contributed by atoms with van der Waals surface area (Å²) in [5, 5.41) is 12.8. The lowest BCUT2D eigenvalue weighted by Crippen LogP contribution is -2.37. The molecule has 4 nitrogen and oxygen atoms in total. The zero-order valence-electron chi connectivity index (χ0n) is 32.2. The van der Waals surface area contributed by atoms with Crippen LogP contribution in [-0.4, -0.2) is 29.4 Å². The minimum Gasteiger partial charge on any atom is -0.394 e. The first-order valence-electron chi connectivity index (χ1n) is 21.6. The molecule has 0 aliphatic carbocycles. The number of hydrogen-bond donors (Lipinski definition) is 2. The number of ketones is 1. The Balaban J connectivity index is 3.43. The first-order valence-corrected chi connectivity index (χ1v) is 21.6. The van der Waals surface area contributed by atoms with Gasteiger partial charge >= 0.3 is 0 Å². The molecule has 0 spiro atoms. The van der Waals surface area contributed by atoms with Crippen molar-refractivity contribution in [2.24, 2.45) is 0 Å². The van der Waals surface area contributed by atoms with Gasteiger partial charge < -0.3 is 10.4 Å². The Morgan fingerprint density at radius 1 is 0.404 bits per heavy atom. The highest BCUT2D eigenvalue weighted by Gasteiger charge is 2.11. The third kappa shape index (κ3) is 37.8. The molecule has 0 unspecified atom stereocenters. The fourth-order valence-corrected chi connectivity index (χ4v) is 6.87. The van der Waals surface area contributed by atoms with E-state index in [1.54, 1.807) is 0 Å². The van der Waals surface area contributed by atoms with Crippen LogP contribution in [0.1, 0.15) is 251 Å². The number of amides is 1. The predicted molar refractivity (Wildman–Crippen MR) is 206 cm³/mol. The summed E-state index contributed by atoms with van der Waals surface area (Å²) in [6.07, 6.45) is 45.8. The van der Waals surface area contributed by atoms with E-state index < -0.39 is 0 Å². The van der Waals surface area contributed by atoms with Crippen molar-refractivity contribution in [2.75, 3.05) is 6.61 Å². The first kappa shape index (κ1) is 46.1. The quantitative estimate of drug-likeness (QED) is 0.0641. The van der Waals surface area contributed by atoms with Crippen LogP contribution in [-0.2, 0) is 9.59 Å². The summed E-state index contributed by atoms with van der Waals surface area (Å²) in [6, 6.07) is -0.0777. The number of nitrogens with one attached hydrogen (secondary N) is 1. The number of aliphatic hydroxyl groups excluding tert-OH is 1. The van der Waals surface area contributed by atoms with Gasteiger partial charge in [-0.25, -0.2) is 0 Å². The van der Waals surface area contributed by atoms with Gasteiger partial charge in [0.15, 0.2) is 0 Å². The van der Waals surface area contributed by atoms with Gasteiger partial charge in [0.1, 0.15) is 5.78 Å². The van der Waals surface area contributed by atoms with Crippen molar-refractivity contribution in [2.45, 2.75) is 257 Å². The largest absolute Gasteiger partial charge is 0.394 e. The molecule has 0 heterocycles. The molecule has 1 atom stereocenters. The number of Topliss-reactive ketones (excluding diaryl/α,β-unsaturated/α-hetero) is 1. The Morgan fingerprint density at radius 2 is 0.681 bits per heavy atom. The minimum absolute atomic E-state index is 0.0509. The number of carbonyl (C=O) groups is 2. The summed E-state index contributed by atoms with van der Waals surface area (Å²) in [5.74, 6) is 0.576. The van der Waals surface area contributed by atoms with Gasteiger partial charge in [-0.2, -0.15) is 0 Å². The van der Waals surface area contributed by atoms with Crippen LogP contribution in [0.3, 0.4) is 0 Å². The van der Waals surface area contributed by atoms with Crippen LogP contribution in [0, 0.1) is 0 Å². The Labute approximate surface area is 295 Å². The molecule has 0 aliphatic rings. The zero-order chi connectivity index (χ0) is 34.3. The van der Waals surface area contributed by atoms with Gasteiger partial charge in [0, 0.05) is 19.3 Å². The molecule has 0 saturated carbocycles. The molecule has 280 valence electrons. The van der Waals surface area contributed by atoms with E-state index in [2.05, 4.69) is 19.2 Å². The molecular formula is C43H85NO3. The van der Waals surface area contributed by atoms with Gasteiger partial charge in [-0.1, -0.05) is 206 Å². The lowest BCUT2D eigenvalue weighted by molar-refractivity contribution is -0.122. The molecule has 1 amide bonds. The van der Waals surface area contributed by atoms with Gasteiger partial charge in [-0.15, -0.1) is 0 Å².